The van der Waals surface area contributed by atoms with E-state index in [4.69, 9.17) is 10.8 Å². The number of carboxylic acids is 1. The molecule has 0 radical (unpaired) electrons. The minimum absolute atomic E-state index is 0.00304. The number of carboxylic acid groups (broad SMARTS) is 1. The van der Waals surface area contributed by atoms with Gasteiger partial charge in [0.1, 0.15) is 0 Å². The molecule has 2 amide bonds. The smallest absolute Gasteiger partial charge is 0.317 e. The van der Waals surface area contributed by atoms with Crippen LogP contribution in [-0.4, -0.2) is 47.2 Å². The topological polar surface area (TPSA) is 95.7 Å². The molecule has 0 bridgehead atoms. The standard InChI is InChI=1S/C13H23N3O3/c1-8-6-16(7-9(8)12(17)18)13(19)15-11-5-3-2-4-10(11)14/h8-11H,2-7,14H2,1H3,(H,15,19)(H,17,18)/t8-,9-,10?,11?/m1/s1. The molecule has 4 N–H and O–H groups in total. The van der Waals surface area contributed by atoms with E-state index in [1.807, 2.05) is 6.92 Å². The number of nitrogens with two attached hydrogens (primary N) is 1. The summed E-state index contributed by atoms with van der Waals surface area (Å²) in [6.45, 7) is 2.67. The molecule has 1 saturated carbocycles. The zero-order chi connectivity index (χ0) is 14.0. The van der Waals surface area contributed by atoms with Crippen molar-refractivity contribution in [1.29, 1.82) is 0 Å². The average Bonchev–Trinajstić information content (AvgIpc) is 2.74. The maximum absolute atomic E-state index is 12.1. The van der Waals surface area contributed by atoms with Gasteiger partial charge in [0.15, 0.2) is 0 Å². The molecule has 6 nitrogen and oxygen atoms in total. The molecule has 1 heterocycles. The highest BCUT2D eigenvalue weighted by atomic mass is 16.4. The van der Waals surface area contributed by atoms with Gasteiger partial charge in [-0.05, 0) is 18.8 Å². The fraction of sp³-hybridized carbons (Fsp3) is 0.846. The molecule has 6 heteroatoms. The first-order chi connectivity index (χ1) is 8.99. The van der Waals surface area contributed by atoms with Crippen LogP contribution in [0, 0.1) is 11.8 Å². The number of carbonyl (C=O) groups is 2. The Kier molecular flexibility index (Phi) is 4.29. The molecular formula is C13H23N3O3. The second-order valence-electron chi connectivity index (χ2n) is 5.83. The van der Waals surface area contributed by atoms with Crippen LogP contribution in [0.5, 0.6) is 0 Å². The molecular weight excluding hydrogens is 246 g/mol. The van der Waals surface area contributed by atoms with E-state index in [0.717, 1.165) is 25.7 Å². The van der Waals surface area contributed by atoms with Crippen molar-refractivity contribution < 1.29 is 14.7 Å². The average molecular weight is 269 g/mol. The molecule has 4 atom stereocenters. The van der Waals surface area contributed by atoms with Crippen LogP contribution in [0.4, 0.5) is 4.79 Å². The van der Waals surface area contributed by atoms with Crippen molar-refractivity contribution >= 4 is 12.0 Å². The summed E-state index contributed by atoms with van der Waals surface area (Å²) in [4.78, 5) is 24.8. The van der Waals surface area contributed by atoms with Crippen LogP contribution in [0.2, 0.25) is 0 Å². The highest BCUT2D eigenvalue weighted by Gasteiger charge is 2.37. The Labute approximate surface area is 113 Å². The summed E-state index contributed by atoms with van der Waals surface area (Å²) in [5.41, 5.74) is 6.00. The summed E-state index contributed by atoms with van der Waals surface area (Å²) in [7, 11) is 0. The number of hydrogen-bond donors (Lipinski definition) is 3. The van der Waals surface area contributed by atoms with Gasteiger partial charge in [0.2, 0.25) is 0 Å². The molecule has 108 valence electrons. The van der Waals surface area contributed by atoms with Crippen molar-refractivity contribution in [2.24, 2.45) is 17.6 Å². The minimum Gasteiger partial charge on any atom is -0.481 e. The number of carbonyl (C=O) groups excluding carboxylic acids is 1. The van der Waals surface area contributed by atoms with Gasteiger partial charge >= 0.3 is 12.0 Å². The predicted molar refractivity (Wildman–Crippen MR) is 70.6 cm³/mol. The zero-order valence-electron chi connectivity index (χ0n) is 11.3. The maximum atomic E-state index is 12.1. The van der Waals surface area contributed by atoms with Gasteiger partial charge in [-0.1, -0.05) is 19.8 Å². The van der Waals surface area contributed by atoms with E-state index in [9.17, 15) is 9.59 Å². The van der Waals surface area contributed by atoms with Crippen molar-refractivity contribution in [3.8, 4) is 0 Å². The number of likely N-dealkylation sites (tertiary alicyclic amines) is 1. The molecule has 1 aliphatic heterocycles. The third-order valence-electron chi connectivity index (χ3n) is 4.35. The fourth-order valence-corrected chi connectivity index (χ4v) is 3.04. The van der Waals surface area contributed by atoms with Crippen molar-refractivity contribution in [2.75, 3.05) is 13.1 Å². The van der Waals surface area contributed by atoms with E-state index in [2.05, 4.69) is 5.32 Å². The third kappa shape index (κ3) is 3.18. The number of aliphatic carboxylic acids is 1. The number of urea groups is 1. The molecule has 2 unspecified atom stereocenters. The molecule has 2 fully saturated rings. The molecule has 0 aromatic rings. The van der Waals surface area contributed by atoms with E-state index >= 15 is 0 Å². The van der Waals surface area contributed by atoms with Gasteiger partial charge in [0, 0.05) is 25.2 Å². The Bertz CT molecular complexity index is 361. The normalized spacial score (nSPS) is 35.2. The summed E-state index contributed by atoms with van der Waals surface area (Å²) in [6, 6.07) is -0.119. The first kappa shape index (κ1) is 14.1. The number of nitrogens with zero attached hydrogens (tertiary/aromatic N) is 1. The lowest BCUT2D eigenvalue weighted by Gasteiger charge is -2.31. The molecule has 1 saturated heterocycles. The van der Waals surface area contributed by atoms with E-state index in [1.165, 1.54) is 0 Å². The molecule has 2 rings (SSSR count). The van der Waals surface area contributed by atoms with Crippen LogP contribution in [0.15, 0.2) is 0 Å². The lowest BCUT2D eigenvalue weighted by atomic mass is 9.91. The van der Waals surface area contributed by atoms with Crippen LogP contribution in [0.3, 0.4) is 0 Å². The summed E-state index contributed by atoms with van der Waals surface area (Å²) >= 11 is 0. The van der Waals surface area contributed by atoms with Gasteiger partial charge in [0.05, 0.1) is 5.92 Å². The van der Waals surface area contributed by atoms with Crippen molar-refractivity contribution in [3.05, 3.63) is 0 Å². The van der Waals surface area contributed by atoms with Gasteiger partial charge < -0.3 is 21.1 Å². The molecule has 2 aliphatic rings. The lowest BCUT2D eigenvalue weighted by Crippen LogP contribution is -2.52. The zero-order valence-corrected chi connectivity index (χ0v) is 11.3. The fourth-order valence-electron chi connectivity index (χ4n) is 3.04. The van der Waals surface area contributed by atoms with Crippen molar-refractivity contribution in [1.82, 2.24) is 10.2 Å². The monoisotopic (exact) mass is 269 g/mol. The number of nitrogens with one attached hydrogen (secondary N) is 1. The van der Waals surface area contributed by atoms with Gasteiger partial charge in [-0.15, -0.1) is 0 Å². The van der Waals surface area contributed by atoms with Gasteiger partial charge in [-0.25, -0.2) is 4.79 Å². The van der Waals surface area contributed by atoms with E-state index < -0.39 is 11.9 Å². The SMILES string of the molecule is C[C@@H]1CN(C(=O)NC2CCCCC2N)C[C@H]1C(=O)O. The summed E-state index contributed by atoms with van der Waals surface area (Å²) < 4.78 is 0. The second-order valence-corrected chi connectivity index (χ2v) is 5.83. The number of hydrogen-bond acceptors (Lipinski definition) is 3. The first-order valence-corrected chi connectivity index (χ1v) is 7.03. The van der Waals surface area contributed by atoms with Gasteiger partial charge in [-0.3, -0.25) is 4.79 Å². The first-order valence-electron chi connectivity index (χ1n) is 7.03. The Morgan fingerprint density at radius 3 is 2.53 bits per heavy atom. The minimum atomic E-state index is -0.822. The number of amides is 2. The molecule has 1 aliphatic carbocycles. The molecule has 0 spiro atoms. The molecule has 19 heavy (non-hydrogen) atoms. The largest absolute Gasteiger partial charge is 0.481 e. The highest BCUT2D eigenvalue weighted by Crippen LogP contribution is 2.24. The number of rotatable bonds is 2. The van der Waals surface area contributed by atoms with Gasteiger partial charge in [-0.2, -0.15) is 0 Å². The third-order valence-corrected chi connectivity index (χ3v) is 4.35. The molecule has 0 aromatic heterocycles. The molecule has 0 aromatic carbocycles. The van der Waals surface area contributed by atoms with E-state index in [1.54, 1.807) is 4.90 Å². The maximum Gasteiger partial charge on any atom is 0.317 e. The van der Waals surface area contributed by atoms with Crippen molar-refractivity contribution in [2.45, 2.75) is 44.7 Å². The van der Waals surface area contributed by atoms with Crippen LogP contribution in [0.25, 0.3) is 0 Å². The van der Waals surface area contributed by atoms with Crippen LogP contribution in [-0.2, 0) is 4.79 Å². The summed E-state index contributed by atoms with van der Waals surface area (Å²) in [6.07, 6.45) is 4.07. The van der Waals surface area contributed by atoms with Gasteiger partial charge in [0.25, 0.3) is 0 Å². The lowest BCUT2D eigenvalue weighted by molar-refractivity contribution is -0.142. The Morgan fingerprint density at radius 2 is 1.95 bits per heavy atom. The Morgan fingerprint density at radius 1 is 1.26 bits per heavy atom. The highest BCUT2D eigenvalue weighted by molar-refractivity contribution is 5.78. The van der Waals surface area contributed by atoms with Crippen LogP contribution in [0.1, 0.15) is 32.6 Å². The van der Waals surface area contributed by atoms with E-state index in [-0.39, 0.29) is 24.0 Å². The van der Waals surface area contributed by atoms with Crippen molar-refractivity contribution in [3.63, 3.8) is 0 Å². The Balaban J connectivity index is 1.88. The predicted octanol–water partition coefficient (Wildman–Crippen LogP) is 0.618. The van der Waals surface area contributed by atoms with Crippen LogP contribution >= 0.6 is 0 Å². The van der Waals surface area contributed by atoms with E-state index in [0.29, 0.717) is 13.1 Å². The quantitative estimate of drug-likeness (QED) is 0.684. The summed E-state index contributed by atoms with van der Waals surface area (Å²) in [5, 5.41) is 12.0. The summed E-state index contributed by atoms with van der Waals surface area (Å²) in [5.74, 6) is -1.27. The Hall–Kier alpha value is -1.30. The van der Waals surface area contributed by atoms with Crippen LogP contribution < -0.4 is 11.1 Å². The second kappa shape index (κ2) is 5.77.